The van der Waals surface area contributed by atoms with E-state index in [1.807, 2.05) is 18.2 Å². The molecule has 1 amide bonds. The number of piperazine rings is 1. The zero-order valence-corrected chi connectivity index (χ0v) is 16.8. The molecule has 4 rings (SSSR count). The molecule has 0 unspecified atom stereocenters. The van der Waals surface area contributed by atoms with Gasteiger partial charge >= 0.3 is 0 Å². The molecular formula is C23H29N3O3. The summed E-state index contributed by atoms with van der Waals surface area (Å²) in [7, 11) is 0. The Balaban J connectivity index is 1.09. The monoisotopic (exact) mass is 395 g/mol. The van der Waals surface area contributed by atoms with E-state index in [0.29, 0.717) is 12.8 Å². The van der Waals surface area contributed by atoms with Gasteiger partial charge in [-0.2, -0.15) is 0 Å². The van der Waals surface area contributed by atoms with Gasteiger partial charge in [0.2, 0.25) is 12.7 Å². The van der Waals surface area contributed by atoms with Crippen LogP contribution < -0.4 is 19.7 Å². The lowest BCUT2D eigenvalue weighted by Gasteiger charge is -2.36. The molecule has 0 saturated carbocycles. The number of nitrogens with zero attached hydrogens (tertiary/aromatic N) is 2. The van der Waals surface area contributed by atoms with Crippen molar-refractivity contribution in [3.05, 3.63) is 54.1 Å². The Morgan fingerprint density at radius 2 is 1.76 bits per heavy atom. The van der Waals surface area contributed by atoms with Crippen LogP contribution in [0.3, 0.4) is 0 Å². The molecule has 2 aliphatic heterocycles. The van der Waals surface area contributed by atoms with Crippen LogP contribution in [0.15, 0.2) is 48.5 Å². The summed E-state index contributed by atoms with van der Waals surface area (Å²) in [6.07, 6.45) is 2.19. The summed E-state index contributed by atoms with van der Waals surface area (Å²) in [6.45, 7) is 6.32. The number of para-hydroxylation sites is 1. The van der Waals surface area contributed by atoms with Crippen molar-refractivity contribution in [2.45, 2.75) is 19.3 Å². The highest BCUT2D eigenvalue weighted by atomic mass is 16.7. The van der Waals surface area contributed by atoms with Crippen LogP contribution in [0.25, 0.3) is 0 Å². The van der Waals surface area contributed by atoms with Crippen molar-refractivity contribution in [3.63, 3.8) is 0 Å². The molecule has 6 nitrogen and oxygen atoms in total. The van der Waals surface area contributed by atoms with Gasteiger partial charge in [-0.15, -0.1) is 0 Å². The van der Waals surface area contributed by atoms with Crippen LogP contribution >= 0.6 is 0 Å². The van der Waals surface area contributed by atoms with E-state index in [2.05, 4.69) is 45.4 Å². The third kappa shape index (κ3) is 5.41. The molecule has 2 heterocycles. The minimum Gasteiger partial charge on any atom is -0.454 e. The molecule has 0 radical (unpaired) electrons. The topological polar surface area (TPSA) is 54.0 Å². The Kier molecular flexibility index (Phi) is 6.52. The van der Waals surface area contributed by atoms with Crippen molar-refractivity contribution in [2.24, 2.45) is 0 Å². The van der Waals surface area contributed by atoms with Gasteiger partial charge in [0, 0.05) is 44.8 Å². The lowest BCUT2D eigenvalue weighted by molar-refractivity contribution is -0.121. The maximum absolute atomic E-state index is 12.1. The summed E-state index contributed by atoms with van der Waals surface area (Å²) < 4.78 is 10.7. The molecule has 154 valence electrons. The number of anilines is 1. The Hall–Kier alpha value is -2.73. The number of rotatable bonds is 8. The molecule has 0 spiro atoms. The van der Waals surface area contributed by atoms with Crippen molar-refractivity contribution >= 4 is 11.6 Å². The molecular weight excluding hydrogens is 366 g/mol. The number of carbonyl (C=O) groups is 1. The first-order valence-electron chi connectivity index (χ1n) is 10.5. The van der Waals surface area contributed by atoms with E-state index < -0.39 is 0 Å². The molecule has 1 N–H and O–H groups in total. The number of ether oxygens (including phenoxy) is 2. The van der Waals surface area contributed by atoms with Crippen molar-refractivity contribution < 1.29 is 14.3 Å². The summed E-state index contributed by atoms with van der Waals surface area (Å²) in [6, 6.07) is 16.5. The Morgan fingerprint density at radius 1 is 0.966 bits per heavy atom. The molecule has 2 aromatic carbocycles. The highest BCUT2D eigenvalue weighted by molar-refractivity contribution is 5.76. The van der Waals surface area contributed by atoms with Crippen LogP contribution in [-0.4, -0.2) is 56.9 Å². The van der Waals surface area contributed by atoms with E-state index in [0.717, 1.165) is 62.8 Å². The van der Waals surface area contributed by atoms with Crippen LogP contribution in [0.2, 0.25) is 0 Å². The Labute approximate surface area is 172 Å². The fourth-order valence-electron chi connectivity index (χ4n) is 3.84. The van der Waals surface area contributed by atoms with Gasteiger partial charge in [-0.25, -0.2) is 0 Å². The second-order valence-electron chi connectivity index (χ2n) is 7.56. The van der Waals surface area contributed by atoms with Crippen molar-refractivity contribution in [2.75, 3.05) is 51.0 Å². The van der Waals surface area contributed by atoms with Crippen LogP contribution in [0.5, 0.6) is 11.5 Å². The quantitative estimate of drug-likeness (QED) is 0.697. The van der Waals surface area contributed by atoms with E-state index in [9.17, 15) is 4.79 Å². The normalized spacial score (nSPS) is 16.1. The van der Waals surface area contributed by atoms with Gasteiger partial charge in [-0.05, 0) is 49.2 Å². The molecule has 0 aromatic heterocycles. The van der Waals surface area contributed by atoms with Crippen LogP contribution in [0, 0.1) is 0 Å². The fourth-order valence-corrected chi connectivity index (χ4v) is 3.84. The minimum atomic E-state index is 0.108. The van der Waals surface area contributed by atoms with E-state index in [-0.39, 0.29) is 12.7 Å². The standard InChI is InChI=1S/C23H29N3O3/c27-23(10-8-19-7-9-21-22(17-19)29-18-28-21)24-11-4-12-25-13-15-26(16-14-25)20-5-2-1-3-6-20/h1-3,5-7,9,17H,4,8,10-16,18H2,(H,24,27). The Bertz CT molecular complexity index is 804. The minimum absolute atomic E-state index is 0.108. The van der Waals surface area contributed by atoms with Gasteiger partial charge in [-0.1, -0.05) is 24.3 Å². The summed E-state index contributed by atoms with van der Waals surface area (Å²) in [5, 5.41) is 3.05. The molecule has 1 fully saturated rings. The summed E-state index contributed by atoms with van der Waals surface area (Å²) in [5.74, 6) is 1.66. The van der Waals surface area contributed by atoms with E-state index in [4.69, 9.17) is 9.47 Å². The van der Waals surface area contributed by atoms with Gasteiger partial charge in [-0.3, -0.25) is 9.69 Å². The second-order valence-corrected chi connectivity index (χ2v) is 7.56. The van der Waals surface area contributed by atoms with Crippen molar-refractivity contribution in [1.82, 2.24) is 10.2 Å². The largest absolute Gasteiger partial charge is 0.454 e. The summed E-state index contributed by atoms with van der Waals surface area (Å²) in [5.41, 5.74) is 2.41. The molecule has 6 heteroatoms. The van der Waals surface area contributed by atoms with Gasteiger partial charge < -0.3 is 19.7 Å². The predicted octanol–water partition coefficient (Wildman–Crippen LogP) is 2.68. The number of nitrogens with one attached hydrogen (secondary N) is 1. The second kappa shape index (κ2) is 9.65. The molecule has 2 aliphatic rings. The Morgan fingerprint density at radius 3 is 2.59 bits per heavy atom. The molecule has 0 bridgehead atoms. The van der Waals surface area contributed by atoms with Gasteiger partial charge in [0.1, 0.15) is 0 Å². The summed E-state index contributed by atoms with van der Waals surface area (Å²) >= 11 is 0. The van der Waals surface area contributed by atoms with E-state index in [1.165, 1.54) is 5.69 Å². The lowest BCUT2D eigenvalue weighted by Crippen LogP contribution is -2.47. The molecule has 2 aromatic rings. The average Bonchev–Trinajstić information content (AvgIpc) is 3.24. The van der Waals surface area contributed by atoms with Crippen LogP contribution in [-0.2, 0) is 11.2 Å². The first-order valence-corrected chi connectivity index (χ1v) is 10.5. The highest BCUT2D eigenvalue weighted by Crippen LogP contribution is 2.32. The molecule has 0 atom stereocenters. The third-order valence-electron chi connectivity index (χ3n) is 5.54. The zero-order valence-electron chi connectivity index (χ0n) is 16.8. The van der Waals surface area contributed by atoms with E-state index in [1.54, 1.807) is 0 Å². The van der Waals surface area contributed by atoms with Gasteiger partial charge in [0.15, 0.2) is 11.5 Å². The average molecular weight is 396 g/mol. The predicted molar refractivity (Wildman–Crippen MR) is 114 cm³/mol. The van der Waals surface area contributed by atoms with Crippen LogP contribution in [0.1, 0.15) is 18.4 Å². The number of amides is 1. The SMILES string of the molecule is O=C(CCc1ccc2c(c1)OCO2)NCCCN1CCN(c2ccccc2)CC1. The van der Waals surface area contributed by atoms with Crippen molar-refractivity contribution in [1.29, 1.82) is 0 Å². The van der Waals surface area contributed by atoms with Gasteiger partial charge in [0.25, 0.3) is 0 Å². The fraction of sp³-hybridized carbons (Fsp3) is 0.435. The number of aryl methyl sites for hydroxylation is 1. The van der Waals surface area contributed by atoms with E-state index >= 15 is 0 Å². The first-order chi connectivity index (χ1) is 14.3. The number of hydrogen-bond donors (Lipinski definition) is 1. The molecule has 0 aliphatic carbocycles. The number of carbonyl (C=O) groups excluding carboxylic acids is 1. The highest BCUT2D eigenvalue weighted by Gasteiger charge is 2.17. The summed E-state index contributed by atoms with van der Waals surface area (Å²) in [4.78, 5) is 17.0. The first kappa shape index (κ1) is 19.6. The number of hydrogen-bond acceptors (Lipinski definition) is 5. The zero-order chi connectivity index (χ0) is 19.9. The smallest absolute Gasteiger partial charge is 0.231 e. The maximum atomic E-state index is 12.1. The number of fused-ring (bicyclic) bond motifs is 1. The van der Waals surface area contributed by atoms with Crippen molar-refractivity contribution in [3.8, 4) is 11.5 Å². The van der Waals surface area contributed by atoms with Gasteiger partial charge in [0.05, 0.1) is 0 Å². The molecule has 29 heavy (non-hydrogen) atoms. The third-order valence-corrected chi connectivity index (χ3v) is 5.54. The lowest BCUT2D eigenvalue weighted by atomic mass is 10.1. The number of benzene rings is 2. The maximum Gasteiger partial charge on any atom is 0.231 e. The molecule has 1 saturated heterocycles. The van der Waals surface area contributed by atoms with Crippen LogP contribution in [0.4, 0.5) is 5.69 Å².